The summed E-state index contributed by atoms with van der Waals surface area (Å²) in [7, 11) is 0. The summed E-state index contributed by atoms with van der Waals surface area (Å²) in [6.07, 6.45) is 1.98. The fourth-order valence-corrected chi connectivity index (χ4v) is 0.746. The van der Waals surface area contributed by atoms with Crippen molar-refractivity contribution in [3.8, 4) is 0 Å². The summed E-state index contributed by atoms with van der Waals surface area (Å²) >= 11 is 0. The summed E-state index contributed by atoms with van der Waals surface area (Å²) < 4.78 is 1.18. The number of rotatable bonds is 3. The zero-order valence-corrected chi connectivity index (χ0v) is 6.10. The van der Waals surface area contributed by atoms with E-state index in [2.05, 4.69) is 5.10 Å². The maximum atomic E-state index is 10.6. The van der Waals surface area contributed by atoms with Crippen LogP contribution >= 0.6 is 0 Å². The zero-order valence-electron chi connectivity index (χ0n) is 6.10. The normalized spacial score (nSPS) is 9.42. The molecule has 0 saturated carbocycles. The summed E-state index contributed by atoms with van der Waals surface area (Å²) in [6.45, 7) is -0.169. The molecule has 0 unspecified atom stereocenters. The number of carbonyl (C=O) groups excluding carboxylic acids is 2. The molecule has 0 aliphatic carbocycles. The van der Waals surface area contributed by atoms with Crippen LogP contribution in [0.5, 0.6) is 0 Å². The van der Waals surface area contributed by atoms with E-state index in [0.29, 0.717) is 12.0 Å². The molecule has 2 N–H and O–H groups in total. The highest BCUT2D eigenvalue weighted by Crippen LogP contribution is 1.93. The lowest BCUT2D eigenvalue weighted by Gasteiger charge is -1.99. The zero-order chi connectivity index (χ0) is 8.97. The van der Waals surface area contributed by atoms with Crippen LogP contribution in [0.4, 0.5) is 0 Å². The average Bonchev–Trinajstić information content (AvgIpc) is 2.51. The molecular weight excluding hydrogens is 162 g/mol. The molecule has 6 heteroatoms. The van der Waals surface area contributed by atoms with E-state index in [4.69, 9.17) is 5.21 Å². The van der Waals surface area contributed by atoms with Gasteiger partial charge in [-0.25, -0.2) is 5.48 Å². The van der Waals surface area contributed by atoms with Gasteiger partial charge in [0.2, 0.25) is 0 Å². The van der Waals surface area contributed by atoms with Gasteiger partial charge < -0.3 is 0 Å². The van der Waals surface area contributed by atoms with Gasteiger partial charge in [-0.15, -0.1) is 0 Å². The van der Waals surface area contributed by atoms with Crippen molar-refractivity contribution in [3.05, 3.63) is 18.0 Å². The lowest BCUT2D eigenvalue weighted by molar-refractivity contribution is -0.130. The van der Waals surface area contributed by atoms with Gasteiger partial charge in [-0.2, -0.15) is 5.10 Å². The second-order valence-electron chi connectivity index (χ2n) is 2.07. The van der Waals surface area contributed by atoms with Gasteiger partial charge in [0.25, 0.3) is 5.91 Å². The van der Waals surface area contributed by atoms with Crippen molar-refractivity contribution in [3.63, 3.8) is 0 Å². The van der Waals surface area contributed by atoms with Crippen LogP contribution in [0.3, 0.4) is 0 Å². The summed E-state index contributed by atoms with van der Waals surface area (Å²) in [5.74, 6) is -0.623. The fourth-order valence-electron chi connectivity index (χ4n) is 0.746. The third kappa shape index (κ3) is 1.67. The number of nitrogens with zero attached hydrogens (tertiary/aromatic N) is 2. The van der Waals surface area contributed by atoms with Crippen LogP contribution in [0.15, 0.2) is 12.3 Å². The molecule has 0 spiro atoms. The van der Waals surface area contributed by atoms with Crippen molar-refractivity contribution >= 4 is 12.2 Å². The van der Waals surface area contributed by atoms with Crippen molar-refractivity contribution < 1.29 is 14.8 Å². The molecule has 1 amide bonds. The van der Waals surface area contributed by atoms with Gasteiger partial charge >= 0.3 is 0 Å². The molecule has 0 aromatic carbocycles. The predicted octanol–water partition coefficient (Wildman–Crippen LogP) is -0.799. The van der Waals surface area contributed by atoms with E-state index in [9.17, 15) is 9.59 Å². The van der Waals surface area contributed by atoms with Crippen molar-refractivity contribution in [1.82, 2.24) is 15.3 Å². The van der Waals surface area contributed by atoms with E-state index in [0.717, 1.165) is 0 Å². The molecule has 1 aromatic heterocycles. The third-order valence-corrected chi connectivity index (χ3v) is 1.29. The Balaban J connectivity index is 2.74. The highest BCUT2D eigenvalue weighted by molar-refractivity contribution is 5.77. The molecule has 0 bridgehead atoms. The van der Waals surface area contributed by atoms with Crippen LogP contribution in [-0.4, -0.2) is 27.2 Å². The van der Waals surface area contributed by atoms with Gasteiger partial charge in [-0.3, -0.25) is 19.5 Å². The number of hydroxylamine groups is 1. The molecule has 6 nitrogen and oxygen atoms in total. The molecule has 0 fully saturated rings. The maximum absolute atomic E-state index is 10.6. The SMILES string of the molecule is O=Cc1ccnn1CC(=O)NO. The molecule has 0 aliphatic rings. The molecule has 1 heterocycles. The van der Waals surface area contributed by atoms with E-state index in [-0.39, 0.29) is 6.54 Å². The summed E-state index contributed by atoms with van der Waals surface area (Å²) in [6, 6.07) is 1.47. The third-order valence-electron chi connectivity index (χ3n) is 1.29. The first-order valence-electron chi connectivity index (χ1n) is 3.18. The quantitative estimate of drug-likeness (QED) is 0.352. The average molecular weight is 169 g/mol. The first-order valence-corrected chi connectivity index (χ1v) is 3.18. The minimum Gasteiger partial charge on any atom is -0.296 e. The number of aromatic nitrogens is 2. The molecule has 12 heavy (non-hydrogen) atoms. The molecule has 64 valence electrons. The Morgan fingerprint density at radius 2 is 2.58 bits per heavy atom. The summed E-state index contributed by atoms with van der Waals surface area (Å²) in [5, 5.41) is 11.9. The minimum absolute atomic E-state index is 0.169. The van der Waals surface area contributed by atoms with Gasteiger partial charge in [-0.1, -0.05) is 0 Å². The molecule has 0 saturated heterocycles. The Kier molecular flexibility index (Phi) is 2.54. The highest BCUT2D eigenvalue weighted by atomic mass is 16.5. The van der Waals surface area contributed by atoms with Crippen LogP contribution in [0.1, 0.15) is 10.5 Å². The van der Waals surface area contributed by atoms with E-state index in [1.807, 2.05) is 0 Å². The van der Waals surface area contributed by atoms with Crippen LogP contribution in [0, 0.1) is 0 Å². The first-order chi connectivity index (χ1) is 5.77. The Labute approximate surface area is 67.8 Å². The Morgan fingerprint density at radius 1 is 1.83 bits per heavy atom. The van der Waals surface area contributed by atoms with Crippen LogP contribution in [0.25, 0.3) is 0 Å². The van der Waals surface area contributed by atoms with Crippen LogP contribution < -0.4 is 5.48 Å². The van der Waals surface area contributed by atoms with Gasteiger partial charge in [0.15, 0.2) is 6.29 Å². The fraction of sp³-hybridized carbons (Fsp3) is 0.167. The number of aldehydes is 1. The van der Waals surface area contributed by atoms with Gasteiger partial charge in [0.05, 0.1) is 0 Å². The van der Waals surface area contributed by atoms with Gasteiger partial charge in [-0.05, 0) is 6.07 Å². The maximum Gasteiger partial charge on any atom is 0.265 e. The van der Waals surface area contributed by atoms with E-state index >= 15 is 0 Å². The van der Waals surface area contributed by atoms with E-state index in [1.165, 1.54) is 22.4 Å². The number of amides is 1. The topological polar surface area (TPSA) is 84.2 Å². The molecular formula is C6H7N3O3. The smallest absolute Gasteiger partial charge is 0.265 e. The van der Waals surface area contributed by atoms with Gasteiger partial charge in [0, 0.05) is 6.20 Å². The van der Waals surface area contributed by atoms with Crippen LogP contribution in [0.2, 0.25) is 0 Å². The number of hydrogen-bond acceptors (Lipinski definition) is 4. The summed E-state index contributed by atoms with van der Waals surface area (Å²) in [5.41, 5.74) is 1.73. The molecule has 0 atom stereocenters. The van der Waals surface area contributed by atoms with E-state index < -0.39 is 5.91 Å². The standard InChI is InChI=1S/C6H7N3O3/c10-4-5-1-2-7-9(5)3-6(11)8-12/h1-2,4,12H,3H2,(H,8,11). The van der Waals surface area contributed by atoms with Crippen molar-refractivity contribution in [2.75, 3.05) is 0 Å². The number of carbonyl (C=O) groups is 2. The Hall–Kier alpha value is -1.69. The largest absolute Gasteiger partial charge is 0.296 e. The number of hydrogen-bond donors (Lipinski definition) is 2. The monoisotopic (exact) mass is 169 g/mol. The Bertz CT molecular complexity index is 294. The molecule has 0 radical (unpaired) electrons. The molecule has 1 aromatic rings. The van der Waals surface area contributed by atoms with Crippen molar-refractivity contribution in [2.45, 2.75) is 6.54 Å². The second-order valence-corrected chi connectivity index (χ2v) is 2.07. The highest BCUT2D eigenvalue weighted by Gasteiger charge is 2.04. The van der Waals surface area contributed by atoms with Crippen molar-refractivity contribution in [1.29, 1.82) is 0 Å². The van der Waals surface area contributed by atoms with Crippen LogP contribution in [-0.2, 0) is 11.3 Å². The first kappa shape index (κ1) is 8.41. The lowest BCUT2D eigenvalue weighted by Crippen LogP contribution is -2.25. The van der Waals surface area contributed by atoms with E-state index in [1.54, 1.807) is 0 Å². The minimum atomic E-state index is -0.623. The van der Waals surface area contributed by atoms with Crippen molar-refractivity contribution in [2.24, 2.45) is 0 Å². The Morgan fingerprint density at radius 3 is 3.17 bits per heavy atom. The molecule has 1 rings (SSSR count). The predicted molar refractivity (Wildman–Crippen MR) is 37.5 cm³/mol. The second kappa shape index (κ2) is 3.63. The lowest BCUT2D eigenvalue weighted by atomic mass is 10.4. The number of nitrogens with one attached hydrogen (secondary N) is 1. The van der Waals surface area contributed by atoms with Gasteiger partial charge in [0.1, 0.15) is 12.2 Å². The summed E-state index contributed by atoms with van der Waals surface area (Å²) in [4.78, 5) is 20.9. The molecule has 0 aliphatic heterocycles.